The zero-order valence-corrected chi connectivity index (χ0v) is 11.1. The van der Waals surface area contributed by atoms with E-state index in [1.165, 1.54) is 19.2 Å². The van der Waals surface area contributed by atoms with Gasteiger partial charge in [-0.15, -0.1) is 0 Å². The van der Waals surface area contributed by atoms with E-state index < -0.39 is 16.0 Å². The van der Waals surface area contributed by atoms with Crippen LogP contribution in [0.3, 0.4) is 0 Å². The van der Waals surface area contributed by atoms with Crippen LogP contribution >= 0.6 is 0 Å². The highest BCUT2D eigenvalue weighted by molar-refractivity contribution is 7.90. The molecule has 0 amide bonds. The molecule has 0 bridgehead atoms. The predicted molar refractivity (Wildman–Crippen MR) is 66.6 cm³/mol. The minimum Gasteiger partial charge on any atom is -0.268 e. The third kappa shape index (κ3) is 3.18. The second-order valence-corrected chi connectivity index (χ2v) is 5.75. The van der Waals surface area contributed by atoms with Crippen molar-refractivity contribution in [3.63, 3.8) is 0 Å². The first-order chi connectivity index (χ1) is 8.27. The Balaban J connectivity index is 3.02. The molecule has 1 rings (SSSR count). The van der Waals surface area contributed by atoms with E-state index in [1.54, 1.807) is 19.9 Å². The van der Waals surface area contributed by atoms with Gasteiger partial charge in [0.2, 0.25) is 0 Å². The van der Waals surface area contributed by atoms with Gasteiger partial charge < -0.3 is 0 Å². The third-order valence-electron chi connectivity index (χ3n) is 2.44. The Labute approximate surface area is 106 Å². The number of anilines is 1. The Hall–Kier alpha value is -1.65. The van der Waals surface area contributed by atoms with Crippen molar-refractivity contribution >= 4 is 15.9 Å². The lowest BCUT2D eigenvalue weighted by atomic mass is 10.2. The first-order valence-corrected chi connectivity index (χ1v) is 6.67. The van der Waals surface area contributed by atoms with Crippen LogP contribution in [0.25, 0.3) is 0 Å². The molecule has 0 atom stereocenters. The lowest BCUT2D eigenvalue weighted by Gasteiger charge is -2.21. The van der Waals surface area contributed by atoms with Crippen molar-refractivity contribution in [3.05, 3.63) is 29.6 Å². The van der Waals surface area contributed by atoms with Crippen LogP contribution in [-0.2, 0) is 10.2 Å². The van der Waals surface area contributed by atoms with Gasteiger partial charge in [-0.05, 0) is 32.0 Å². The maximum absolute atomic E-state index is 13.5. The molecule has 0 aliphatic rings. The van der Waals surface area contributed by atoms with Gasteiger partial charge in [-0.2, -0.15) is 18.0 Å². The zero-order valence-electron chi connectivity index (χ0n) is 10.3. The molecular formula is C11H14FN3O2S. The third-order valence-corrected chi connectivity index (χ3v) is 4.10. The molecule has 1 aromatic rings. The predicted octanol–water partition coefficient (Wildman–Crippen LogP) is 1.69. The van der Waals surface area contributed by atoms with Gasteiger partial charge in [0.1, 0.15) is 5.82 Å². The lowest BCUT2D eigenvalue weighted by molar-refractivity contribution is 0.414. The molecule has 0 heterocycles. The molecule has 0 saturated heterocycles. The Morgan fingerprint density at radius 2 is 2.06 bits per heavy atom. The van der Waals surface area contributed by atoms with Crippen LogP contribution < -0.4 is 4.72 Å². The number of nitrogens with zero attached hydrogens (tertiary/aromatic N) is 2. The van der Waals surface area contributed by atoms with Crippen molar-refractivity contribution < 1.29 is 12.8 Å². The minimum absolute atomic E-state index is 0.132. The fourth-order valence-electron chi connectivity index (χ4n) is 1.16. The van der Waals surface area contributed by atoms with Gasteiger partial charge >= 0.3 is 10.2 Å². The quantitative estimate of drug-likeness (QED) is 0.905. The van der Waals surface area contributed by atoms with E-state index in [4.69, 9.17) is 5.26 Å². The average Bonchev–Trinajstić information content (AvgIpc) is 2.30. The van der Waals surface area contributed by atoms with Gasteiger partial charge in [-0.3, -0.25) is 4.72 Å². The second kappa shape index (κ2) is 5.33. The Morgan fingerprint density at radius 1 is 1.44 bits per heavy atom. The summed E-state index contributed by atoms with van der Waals surface area (Å²) >= 11 is 0. The van der Waals surface area contributed by atoms with Gasteiger partial charge in [-0.25, -0.2) is 4.39 Å². The highest BCUT2D eigenvalue weighted by atomic mass is 32.2. The van der Waals surface area contributed by atoms with E-state index in [-0.39, 0.29) is 17.3 Å². The van der Waals surface area contributed by atoms with Crippen molar-refractivity contribution in [2.24, 2.45) is 0 Å². The van der Waals surface area contributed by atoms with Crippen LogP contribution in [0.2, 0.25) is 0 Å². The first kappa shape index (κ1) is 14.4. The molecule has 0 radical (unpaired) electrons. The van der Waals surface area contributed by atoms with Gasteiger partial charge in [0.25, 0.3) is 0 Å². The summed E-state index contributed by atoms with van der Waals surface area (Å²) < 4.78 is 40.4. The van der Waals surface area contributed by atoms with E-state index in [9.17, 15) is 12.8 Å². The topological polar surface area (TPSA) is 73.2 Å². The van der Waals surface area contributed by atoms with Crippen molar-refractivity contribution in [2.45, 2.75) is 19.9 Å². The molecule has 0 aliphatic heterocycles. The molecule has 0 aromatic heterocycles. The van der Waals surface area contributed by atoms with Gasteiger partial charge in [0.15, 0.2) is 0 Å². The van der Waals surface area contributed by atoms with Crippen molar-refractivity contribution in [1.29, 1.82) is 5.26 Å². The number of hydrogen-bond acceptors (Lipinski definition) is 3. The van der Waals surface area contributed by atoms with Crippen LogP contribution in [0.5, 0.6) is 0 Å². The summed E-state index contributed by atoms with van der Waals surface area (Å²) in [5.41, 5.74) is -0.0471. The molecular weight excluding hydrogens is 257 g/mol. The lowest BCUT2D eigenvalue weighted by Crippen LogP contribution is -2.37. The van der Waals surface area contributed by atoms with E-state index in [1.807, 2.05) is 0 Å². The Kier molecular flexibility index (Phi) is 4.27. The maximum Gasteiger partial charge on any atom is 0.301 e. The highest BCUT2D eigenvalue weighted by Gasteiger charge is 2.21. The van der Waals surface area contributed by atoms with Crippen LogP contribution in [0.1, 0.15) is 19.4 Å². The molecule has 1 aromatic carbocycles. The van der Waals surface area contributed by atoms with E-state index >= 15 is 0 Å². The summed E-state index contributed by atoms with van der Waals surface area (Å²) in [7, 11) is -2.40. The summed E-state index contributed by atoms with van der Waals surface area (Å²) in [4.78, 5) is 0. The van der Waals surface area contributed by atoms with Gasteiger partial charge in [0.05, 0.1) is 17.3 Å². The van der Waals surface area contributed by atoms with Crippen LogP contribution in [0.4, 0.5) is 10.1 Å². The minimum atomic E-state index is -3.79. The number of halogens is 1. The summed E-state index contributed by atoms with van der Waals surface area (Å²) in [6, 6.07) is 5.07. The summed E-state index contributed by atoms with van der Waals surface area (Å²) in [5, 5.41) is 8.58. The fraction of sp³-hybridized carbons (Fsp3) is 0.364. The molecule has 0 spiro atoms. The normalized spacial score (nSPS) is 11.6. The zero-order chi connectivity index (χ0) is 13.9. The van der Waals surface area contributed by atoms with Crippen LogP contribution in [0, 0.1) is 17.1 Å². The van der Waals surface area contributed by atoms with Gasteiger partial charge in [0, 0.05) is 13.1 Å². The smallest absolute Gasteiger partial charge is 0.268 e. The number of hydrogen-bond donors (Lipinski definition) is 1. The Bertz CT molecular complexity index is 578. The molecule has 7 heteroatoms. The molecule has 1 N–H and O–H groups in total. The molecule has 5 nitrogen and oxygen atoms in total. The number of nitriles is 1. The number of benzene rings is 1. The van der Waals surface area contributed by atoms with Crippen molar-refractivity contribution in [3.8, 4) is 6.07 Å². The highest BCUT2D eigenvalue weighted by Crippen LogP contribution is 2.18. The summed E-state index contributed by atoms with van der Waals surface area (Å²) in [6.45, 7) is 3.41. The average molecular weight is 271 g/mol. The SMILES string of the molecule is CC(C)N(C)S(=O)(=O)Nc1ccc(C#N)cc1F. The fourth-order valence-corrected chi connectivity index (χ4v) is 2.30. The van der Waals surface area contributed by atoms with Crippen molar-refractivity contribution in [2.75, 3.05) is 11.8 Å². The molecule has 0 aliphatic carbocycles. The van der Waals surface area contributed by atoms with Gasteiger partial charge in [-0.1, -0.05) is 0 Å². The molecule has 0 unspecified atom stereocenters. The van der Waals surface area contributed by atoms with Crippen LogP contribution in [-0.4, -0.2) is 25.8 Å². The molecule has 98 valence electrons. The van der Waals surface area contributed by atoms with Crippen LogP contribution in [0.15, 0.2) is 18.2 Å². The summed E-state index contributed by atoms with van der Waals surface area (Å²) in [6.07, 6.45) is 0. The van der Waals surface area contributed by atoms with E-state index in [2.05, 4.69) is 4.72 Å². The number of nitrogens with one attached hydrogen (secondary N) is 1. The summed E-state index contributed by atoms with van der Waals surface area (Å²) in [5.74, 6) is -0.783. The maximum atomic E-state index is 13.5. The monoisotopic (exact) mass is 271 g/mol. The molecule has 0 saturated carbocycles. The van der Waals surface area contributed by atoms with E-state index in [0.717, 1.165) is 10.4 Å². The Morgan fingerprint density at radius 3 is 2.50 bits per heavy atom. The van der Waals surface area contributed by atoms with E-state index in [0.29, 0.717) is 0 Å². The molecule has 0 fully saturated rings. The van der Waals surface area contributed by atoms with Crippen molar-refractivity contribution in [1.82, 2.24) is 4.31 Å². The largest absolute Gasteiger partial charge is 0.301 e. The first-order valence-electron chi connectivity index (χ1n) is 5.23. The second-order valence-electron chi connectivity index (χ2n) is 4.02. The standard InChI is InChI=1S/C11H14FN3O2S/c1-8(2)15(3)18(16,17)14-11-5-4-9(7-13)6-10(11)12/h4-6,8,14H,1-3H3. The number of rotatable bonds is 4. The molecule has 18 heavy (non-hydrogen) atoms.